The molecule has 1 aromatic heterocycles. The number of nitrogens with zero attached hydrogens (tertiary/aromatic N) is 2. The van der Waals surface area contributed by atoms with Gasteiger partial charge in [0.2, 0.25) is 0 Å². The van der Waals surface area contributed by atoms with Crippen molar-refractivity contribution < 1.29 is 13.5 Å². The molecule has 74 valence electrons. The molecule has 0 saturated heterocycles. The van der Waals surface area contributed by atoms with Gasteiger partial charge in [0.1, 0.15) is 9.84 Å². The summed E-state index contributed by atoms with van der Waals surface area (Å²) in [7, 11) is -2.89. The molecule has 0 radical (unpaired) electrons. The molecule has 6 heteroatoms. The zero-order valence-electron chi connectivity index (χ0n) is 7.34. The molecule has 0 aromatic carbocycles. The standard InChI is InChI=1S/C7H12N2O3S/c1-13(11,12)4-2-3-9-6-7(10)5-8-9/h5-6,10H,2-4H2,1H3. The Morgan fingerprint density at radius 2 is 2.31 bits per heavy atom. The van der Waals surface area contributed by atoms with E-state index in [0.29, 0.717) is 13.0 Å². The Labute approximate surface area is 76.9 Å². The highest BCUT2D eigenvalue weighted by Crippen LogP contribution is 2.04. The van der Waals surface area contributed by atoms with Crippen LogP contribution in [0.1, 0.15) is 6.42 Å². The highest BCUT2D eigenvalue weighted by Gasteiger charge is 2.02. The first-order valence-corrected chi connectivity index (χ1v) is 5.92. The Morgan fingerprint density at radius 1 is 1.62 bits per heavy atom. The van der Waals surface area contributed by atoms with Crippen molar-refractivity contribution >= 4 is 9.84 Å². The Balaban J connectivity index is 2.36. The average Bonchev–Trinajstić information content (AvgIpc) is 2.33. The minimum atomic E-state index is -2.89. The molecule has 0 bridgehead atoms. The van der Waals surface area contributed by atoms with Gasteiger partial charge in [0.25, 0.3) is 0 Å². The van der Waals surface area contributed by atoms with Gasteiger partial charge >= 0.3 is 0 Å². The number of rotatable bonds is 4. The van der Waals surface area contributed by atoms with Gasteiger partial charge in [-0.25, -0.2) is 8.42 Å². The molecule has 0 aliphatic heterocycles. The smallest absolute Gasteiger partial charge is 0.153 e. The summed E-state index contributed by atoms with van der Waals surface area (Å²) < 4.78 is 23.0. The molecular formula is C7H12N2O3S. The maximum absolute atomic E-state index is 10.7. The molecule has 0 amide bonds. The normalized spacial score (nSPS) is 11.8. The molecule has 0 atom stereocenters. The highest BCUT2D eigenvalue weighted by molar-refractivity contribution is 7.90. The van der Waals surface area contributed by atoms with Crippen LogP contribution < -0.4 is 0 Å². The van der Waals surface area contributed by atoms with E-state index in [2.05, 4.69) is 5.10 Å². The maximum Gasteiger partial charge on any atom is 0.153 e. The van der Waals surface area contributed by atoms with Crippen LogP contribution in [0.25, 0.3) is 0 Å². The van der Waals surface area contributed by atoms with Gasteiger partial charge in [-0.3, -0.25) is 4.68 Å². The van der Waals surface area contributed by atoms with Crippen LogP contribution in [0.5, 0.6) is 5.75 Å². The Morgan fingerprint density at radius 3 is 2.77 bits per heavy atom. The van der Waals surface area contributed by atoms with Crippen LogP contribution >= 0.6 is 0 Å². The first-order chi connectivity index (χ1) is 5.97. The van der Waals surface area contributed by atoms with Crippen LogP contribution in [0.3, 0.4) is 0 Å². The average molecular weight is 204 g/mol. The highest BCUT2D eigenvalue weighted by atomic mass is 32.2. The van der Waals surface area contributed by atoms with Gasteiger partial charge in [-0.2, -0.15) is 5.10 Å². The quantitative estimate of drug-likeness (QED) is 0.750. The summed E-state index contributed by atoms with van der Waals surface area (Å²) in [6, 6.07) is 0. The van der Waals surface area contributed by atoms with E-state index >= 15 is 0 Å². The second-order valence-corrected chi connectivity index (χ2v) is 5.20. The van der Waals surface area contributed by atoms with Crippen molar-refractivity contribution in [3.8, 4) is 5.75 Å². The number of hydrogen-bond donors (Lipinski definition) is 1. The first-order valence-electron chi connectivity index (χ1n) is 3.86. The van der Waals surface area contributed by atoms with Gasteiger partial charge in [0, 0.05) is 12.8 Å². The third-order valence-corrected chi connectivity index (χ3v) is 2.55. The fraction of sp³-hybridized carbons (Fsp3) is 0.571. The van der Waals surface area contributed by atoms with E-state index in [1.165, 1.54) is 23.3 Å². The number of aryl methyl sites for hydroxylation is 1. The zero-order chi connectivity index (χ0) is 9.90. The van der Waals surface area contributed by atoms with E-state index < -0.39 is 9.84 Å². The molecule has 0 aliphatic rings. The van der Waals surface area contributed by atoms with Crippen molar-refractivity contribution in [1.29, 1.82) is 0 Å². The fourth-order valence-electron chi connectivity index (χ4n) is 0.964. The molecular weight excluding hydrogens is 192 g/mol. The third kappa shape index (κ3) is 3.93. The molecule has 5 nitrogen and oxygen atoms in total. The van der Waals surface area contributed by atoms with E-state index in [-0.39, 0.29) is 11.5 Å². The molecule has 0 fully saturated rings. The SMILES string of the molecule is CS(=O)(=O)CCCn1cc(O)cn1. The lowest BCUT2D eigenvalue weighted by molar-refractivity contribution is 0.473. The Bertz CT molecular complexity index is 369. The van der Waals surface area contributed by atoms with Gasteiger partial charge in [-0.15, -0.1) is 0 Å². The van der Waals surface area contributed by atoms with Crippen LogP contribution in [0.4, 0.5) is 0 Å². The topological polar surface area (TPSA) is 72.2 Å². The predicted molar refractivity (Wildman–Crippen MR) is 48.2 cm³/mol. The summed E-state index contributed by atoms with van der Waals surface area (Å²) in [5.41, 5.74) is 0. The van der Waals surface area contributed by atoms with Crippen molar-refractivity contribution in [2.24, 2.45) is 0 Å². The molecule has 1 heterocycles. The van der Waals surface area contributed by atoms with E-state index in [1.54, 1.807) is 0 Å². The Kier molecular flexibility index (Phi) is 2.92. The summed E-state index contributed by atoms with van der Waals surface area (Å²) in [5, 5.41) is 12.7. The van der Waals surface area contributed by atoms with Crippen molar-refractivity contribution in [2.75, 3.05) is 12.0 Å². The molecule has 1 rings (SSSR count). The summed E-state index contributed by atoms with van der Waals surface area (Å²) in [6.07, 6.45) is 4.50. The van der Waals surface area contributed by atoms with Crippen molar-refractivity contribution in [1.82, 2.24) is 9.78 Å². The molecule has 0 unspecified atom stereocenters. The number of sulfone groups is 1. The van der Waals surface area contributed by atoms with E-state index in [1.807, 2.05) is 0 Å². The maximum atomic E-state index is 10.7. The molecule has 0 saturated carbocycles. The molecule has 1 N–H and O–H groups in total. The Hall–Kier alpha value is -1.04. The molecule has 1 aromatic rings. The summed E-state index contributed by atoms with van der Waals surface area (Å²) >= 11 is 0. The summed E-state index contributed by atoms with van der Waals surface area (Å²) in [4.78, 5) is 0. The van der Waals surface area contributed by atoms with Crippen LogP contribution in [-0.4, -0.2) is 35.3 Å². The molecule has 0 aliphatic carbocycles. The van der Waals surface area contributed by atoms with Crippen LogP contribution in [0, 0.1) is 0 Å². The van der Waals surface area contributed by atoms with Crippen molar-refractivity contribution in [2.45, 2.75) is 13.0 Å². The lowest BCUT2D eigenvalue weighted by Crippen LogP contribution is -2.07. The summed E-state index contributed by atoms with van der Waals surface area (Å²) in [6.45, 7) is 0.508. The van der Waals surface area contributed by atoms with Gasteiger partial charge < -0.3 is 5.11 Å². The van der Waals surface area contributed by atoms with Crippen LogP contribution in [-0.2, 0) is 16.4 Å². The lowest BCUT2D eigenvalue weighted by atomic mass is 10.5. The minimum absolute atomic E-state index is 0.0966. The molecule has 0 spiro atoms. The van der Waals surface area contributed by atoms with Crippen LogP contribution in [0.15, 0.2) is 12.4 Å². The van der Waals surface area contributed by atoms with E-state index in [4.69, 9.17) is 5.11 Å². The van der Waals surface area contributed by atoms with E-state index in [9.17, 15) is 8.42 Å². The van der Waals surface area contributed by atoms with Crippen molar-refractivity contribution in [3.63, 3.8) is 0 Å². The van der Waals surface area contributed by atoms with Crippen molar-refractivity contribution in [3.05, 3.63) is 12.4 Å². The largest absolute Gasteiger partial charge is 0.505 e. The fourth-order valence-corrected chi connectivity index (χ4v) is 1.62. The van der Waals surface area contributed by atoms with Gasteiger partial charge in [0.15, 0.2) is 5.75 Å². The van der Waals surface area contributed by atoms with Gasteiger partial charge in [-0.05, 0) is 6.42 Å². The second-order valence-electron chi connectivity index (χ2n) is 2.95. The zero-order valence-corrected chi connectivity index (χ0v) is 8.16. The van der Waals surface area contributed by atoms with E-state index in [0.717, 1.165) is 0 Å². The third-order valence-electron chi connectivity index (χ3n) is 1.52. The number of aromatic nitrogens is 2. The van der Waals surface area contributed by atoms with Crippen LogP contribution in [0.2, 0.25) is 0 Å². The first kappa shape index (κ1) is 10.0. The number of aromatic hydroxyl groups is 1. The predicted octanol–water partition coefficient (Wildman–Crippen LogP) is 0.0234. The molecule has 13 heavy (non-hydrogen) atoms. The second kappa shape index (κ2) is 3.78. The summed E-state index contributed by atoms with van der Waals surface area (Å²) in [5.74, 6) is 0.243. The lowest BCUT2D eigenvalue weighted by Gasteiger charge is -1.99. The van der Waals surface area contributed by atoms with Gasteiger partial charge in [-0.1, -0.05) is 0 Å². The van der Waals surface area contributed by atoms with Gasteiger partial charge in [0.05, 0.1) is 18.1 Å². The monoisotopic (exact) mass is 204 g/mol. The minimum Gasteiger partial charge on any atom is -0.505 e. The number of hydrogen-bond acceptors (Lipinski definition) is 4.